The highest BCUT2D eigenvalue weighted by atomic mass is 16.4. The number of benzene rings is 1. The number of rotatable bonds is 0. The topological polar surface area (TPSA) is 66.6 Å². The number of nitrogens with two attached hydrogens (primary N) is 1. The monoisotopic (exact) mass is 302 g/mol. The van der Waals surface area contributed by atoms with Gasteiger partial charge in [0.1, 0.15) is 0 Å². The van der Waals surface area contributed by atoms with Gasteiger partial charge >= 0.3 is 6.09 Å². The summed E-state index contributed by atoms with van der Waals surface area (Å²) in [7, 11) is 0. The van der Waals surface area contributed by atoms with Crippen LogP contribution in [0.25, 0.3) is 0 Å². The van der Waals surface area contributed by atoms with E-state index in [9.17, 15) is 9.90 Å². The zero-order chi connectivity index (χ0) is 16.1. The largest absolute Gasteiger partial charge is 0.465 e. The third-order valence-electron chi connectivity index (χ3n) is 5.68. The van der Waals surface area contributed by atoms with E-state index >= 15 is 0 Å². The van der Waals surface area contributed by atoms with Gasteiger partial charge in [0.15, 0.2) is 0 Å². The molecule has 1 aliphatic heterocycles. The molecule has 2 aliphatic rings. The fourth-order valence-corrected chi connectivity index (χ4v) is 4.43. The SMILES string of the molecule is CC(C)(C)C1CC2(CCN1C(=O)O)c1ccccc1CC2N. The van der Waals surface area contributed by atoms with Crippen LogP contribution >= 0.6 is 0 Å². The molecule has 1 spiro atoms. The Morgan fingerprint density at radius 3 is 2.68 bits per heavy atom. The lowest BCUT2D eigenvalue weighted by Crippen LogP contribution is -2.59. The van der Waals surface area contributed by atoms with Crippen molar-refractivity contribution >= 4 is 6.09 Å². The van der Waals surface area contributed by atoms with E-state index in [-0.39, 0.29) is 22.9 Å². The summed E-state index contributed by atoms with van der Waals surface area (Å²) in [6, 6.07) is 8.59. The van der Waals surface area contributed by atoms with Gasteiger partial charge in [-0.25, -0.2) is 4.79 Å². The predicted molar refractivity (Wildman–Crippen MR) is 87.0 cm³/mol. The summed E-state index contributed by atoms with van der Waals surface area (Å²) in [4.78, 5) is 13.3. The van der Waals surface area contributed by atoms with Gasteiger partial charge in [0, 0.05) is 24.0 Å². The van der Waals surface area contributed by atoms with Crippen LogP contribution in [-0.2, 0) is 11.8 Å². The first-order chi connectivity index (χ1) is 10.3. The highest BCUT2D eigenvalue weighted by Gasteiger charge is 2.52. The van der Waals surface area contributed by atoms with Gasteiger partial charge in [-0.15, -0.1) is 0 Å². The van der Waals surface area contributed by atoms with Crippen LogP contribution in [0.5, 0.6) is 0 Å². The maximum Gasteiger partial charge on any atom is 0.407 e. The number of fused-ring (bicyclic) bond motifs is 2. The smallest absolute Gasteiger partial charge is 0.407 e. The van der Waals surface area contributed by atoms with E-state index in [0.29, 0.717) is 6.54 Å². The molecule has 1 saturated heterocycles. The van der Waals surface area contributed by atoms with Gasteiger partial charge in [0.2, 0.25) is 0 Å². The summed E-state index contributed by atoms with van der Waals surface area (Å²) in [5.74, 6) is 0. The standard InChI is InChI=1S/C18H26N2O2/c1-17(2,3)15-11-18(8-9-20(15)16(21)22)13-7-5-4-6-12(13)10-14(18)19/h4-7,14-15H,8-11,19H2,1-3H3,(H,21,22). The number of hydrogen-bond donors (Lipinski definition) is 2. The molecule has 1 fully saturated rings. The van der Waals surface area contributed by atoms with Crippen LogP contribution in [0.3, 0.4) is 0 Å². The van der Waals surface area contributed by atoms with Gasteiger partial charge < -0.3 is 15.7 Å². The third kappa shape index (κ3) is 2.21. The van der Waals surface area contributed by atoms with Crippen molar-refractivity contribution in [1.29, 1.82) is 0 Å². The molecular formula is C18H26N2O2. The highest BCUT2D eigenvalue weighted by molar-refractivity contribution is 5.66. The Morgan fingerprint density at radius 2 is 2.05 bits per heavy atom. The molecule has 0 bridgehead atoms. The maximum atomic E-state index is 11.6. The zero-order valence-electron chi connectivity index (χ0n) is 13.7. The van der Waals surface area contributed by atoms with Crippen LogP contribution in [0.15, 0.2) is 24.3 Å². The number of nitrogens with zero attached hydrogens (tertiary/aromatic N) is 1. The summed E-state index contributed by atoms with van der Waals surface area (Å²) in [6.45, 7) is 6.94. The highest BCUT2D eigenvalue weighted by Crippen LogP contribution is 2.49. The fourth-order valence-electron chi connectivity index (χ4n) is 4.43. The van der Waals surface area contributed by atoms with Crippen molar-refractivity contribution in [2.24, 2.45) is 11.1 Å². The zero-order valence-corrected chi connectivity index (χ0v) is 13.7. The van der Waals surface area contributed by atoms with Crippen molar-refractivity contribution < 1.29 is 9.90 Å². The molecule has 3 N–H and O–H groups in total. The van der Waals surface area contributed by atoms with Crippen molar-refractivity contribution in [3.8, 4) is 0 Å². The summed E-state index contributed by atoms with van der Waals surface area (Å²) in [5, 5.41) is 9.56. The molecule has 4 nitrogen and oxygen atoms in total. The van der Waals surface area contributed by atoms with Gasteiger partial charge in [-0.2, -0.15) is 0 Å². The van der Waals surface area contributed by atoms with Gasteiger partial charge in [0.25, 0.3) is 0 Å². The van der Waals surface area contributed by atoms with Crippen LogP contribution in [0.1, 0.15) is 44.7 Å². The summed E-state index contributed by atoms with van der Waals surface area (Å²) in [5.41, 5.74) is 9.08. The predicted octanol–water partition coefficient (Wildman–Crippen LogP) is 3.00. The van der Waals surface area contributed by atoms with Crippen molar-refractivity contribution in [1.82, 2.24) is 4.90 Å². The van der Waals surface area contributed by atoms with E-state index in [1.807, 2.05) is 0 Å². The van der Waals surface area contributed by atoms with Gasteiger partial charge in [0.05, 0.1) is 0 Å². The molecule has 120 valence electrons. The fraction of sp³-hybridized carbons (Fsp3) is 0.611. The number of hydrogen-bond acceptors (Lipinski definition) is 2. The molecule has 0 saturated carbocycles. The Labute approximate surface area is 132 Å². The van der Waals surface area contributed by atoms with Gasteiger partial charge in [-0.1, -0.05) is 45.0 Å². The number of carboxylic acid groups (broad SMARTS) is 1. The lowest BCUT2D eigenvalue weighted by Gasteiger charge is -2.50. The second-order valence-electron chi connectivity index (χ2n) is 7.94. The minimum Gasteiger partial charge on any atom is -0.465 e. The van der Waals surface area contributed by atoms with Crippen LogP contribution in [0.4, 0.5) is 4.79 Å². The maximum absolute atomic E-state index is 11.6. The lowest BCUT2D eigenvalue weighted by molar-refractivity contribution is 0.0258. The van der Waals surface area contributed by atoms with Crippen molar-refractivity contribution in [2.45, 2.75) is 57.5 Å². The molecule has 1 aliphatic carbocycles. The lowest BCUT2D eigenvalue weighted by atomic mass is 9.65. The van der Waals surface area contributed by atoms with Crippen molar-refractivity contribution in [2.75, 3.05) is 6.54 Å². The Morgan fingerprint density at radius 1 is 1.36 bits per heavy atom. The summed E-state index contributed by atoms with van der Waals surface area (Å²) < 4.78 is 0. The molecule has 1 aromatic rings. The van der Waals surface area contributed by atoms with E-state index in [4.69, 9.17) is 5.73 Å². The molecule has 3 unspecified atom stereocenters. The van der Waals surface area contributed by atoms with E-state index < -0.39 is 6.09 Å². The van der Waals surface area contributed by atoms with Crippen LogP contribution in [0.2, 0.25) is 0 Å². The van der Waals surface area contributed by atoms with E-state index in [1.54, 1.807) is 4.90 Å². The minimum absolute atomic E-state index is 0.00374. The van der Waals surface area contributed by atoms with Crippen LogP contribution in [-0.4, -0.2) is 34.7 Å². The van der Waals surface area contributed by atoms with Crippen LogP contribution < -0.4 is 5.73 Å². The Hall–Kier alpha value is -1.55. The third-order valence-corrected chi connectivity index (χ3v) is 5.68. The van der Waals surface area contributed by atoms with Gasteiger partial charge in [-0.3, -0.25) is 0 Å². The average Bonchev–Trinajstić information content (AvgIpc) is 2.71. The van der Waals surface area contributed by atoms with E-state index in [1.165, 1.54) is 11.1 Å². The number of carbonyl (C=O) groups is 1. The minimum atomic E-state index is -0.811. The molecule has 0 aromatic heterocycles. The number of piperidine rings is 1. The van der Waals surface area contributed by atoms with Crippen molar-refractivity contribution in [3.63, 3.8) is 0 Å². The Balaban J connectivity index is 2.02. The molecule has 3 atom stereocenters. The average molecular weight is 302 g/mol. The molecule has 0 radical (unpaired) electrons. The van der Waals surface area contributed by atoms with Crippen molar-refractivity contribution in [3.05, 3.63) is 35.4 Å². The summed E-state index contributed by atoms with van der Waals surface area (Å²) in [6.07, 6.45) is 1.74. The molecular weight excluding hydrogens is 276 g/mol. The van der Waals surface area contributed by atoms with Gasteiger partial charge in [-0.05, 0) is 35.8 Å². The molecule has 1 amide bonds. The van der Waals surface area contributed by atoms with Crippen LogP contribution in [0, 0.1) is 5.41 Å². The molecule has 3 rings (SSSR count). The summed E-state index contributed by atoms with van der Waals surface area (Å²) >= 11 is 0. The number of amides is 1. The quantitative estimate of drug-likeness (QED) is 0.774. The second kappa shape index (κ2) is 4.98. The molecule has 1 aromatic carbocycles. The van der Waals surface area contributed by atoms with E-state index in [2.05, 4.69) is 45.0 Å². The first kappa shape index (κ1) is 15.3. The van der Waals surface area contributed by atoms with E-state index in [0.717, 1.165) is 19.3 Å². The normalized spacial score (nSPS) is 31.4. The number of likely N-dealkylation sites (tertiary alicyclic amines) is 1. The first-order valence-corrected chi connectivity index (χ1v) is 8.09. The Bertz CT molecular complexity index is 593. The Kier molecular flexibility index (Phi) is 3.48. The molecule has 4 heteroatoms. The molecule has 22 heavy (non-hydrogen) atoms. The first-order valence-electron chi connectivity index (χ1n) is 8.09. The molecule has 1 heterocycles. The second-order valence-corrected chi connectivity index (χ2v) is 7.94.